The maximum atomic E-state index is 9.59. The summed E-state index contributed by atoms with van der Waals surface area (Å²) in [4.78, 5) is 9.55. The zero-order valence-electron chi connectivity index (χ0n) is 3.30. The Hall–Kier alpha value is -0.260. The molecular formula is C3H3IO3. The predicted octanol–water partition coefficient (Wildman–Crippen LogP) is 0.901. The topological polar surface area (TPSA) is 54.4 Å². The number of carboxylic acid groups (broad SMARTS) is 1. The molecule has 4 heteroatoms. The second-order valence-electron chi connectivity index (χ2n) is 0.720. The average molecular weight is 214 g/mol. The van der Waals surface area contributed by atoms with E-state index in [0.717, 1.165) is 10.2 Å². The van der Waals surface area contributed by atoms with Crippen molar-refractivity contribution in [3.05, 3.63) is 10.2 Å². The van der Waals surface area contributed by atoms with Gasteiger partial charge >= 0.3 is 5.97 Å². The van der Waals surface area contributed by atoms with E-state index < -0.39 is 27.2 Å². The van der Waals surface area contributed by atoms with Crippen LogP contribution in [0.1, 0.15) is 0 Å². The van der Waals surface area contributed by atoms with E-state index >= 15 is 0 Å². The highest BCUT2D eigenvalue weighted by Crippen LogP contribution is 1.91. The maximum Gasteiger partial charge on any atom is 0.328 e. The van der Waals surface area contributed by atoms with Crippen molar-refractivity contribution in [2.24, 2.45) is 0 Å². The molecule has 0 amide bonds. The van der Waals surface area contributed by atoms with E-state index in [1.807, 2.05) is 0 Å². The van der Waals surface area contributed by atoms with E-state index in [2.05, 4.69) is 0 Å². The van der Waals surface area contributed by atoms with Crippen molar-refractivity contribution in [2.45, 2.75) is 0 Å². The Kier molecular flexibility index (Phi) is 3.77. The Morgan fingerprint density at radius 1 is 1.71 bits per heavy atom. The van der Waals surface area contributed by atoms with Gasteiger partial charge in [-0.05, 0) is 0 Å². The molecule has 40 valence electrons. The zero-order chi connectivity index (χ0) is 5.70. The van der Waals surface area contributed by atoms with Crippen molar-refractivity contribution in [1.82, 2.24) is 0 Å². The molecule has 0 heterocycles. The Morgan fingerprint density at radius 2 is 2.29 bits per heavy atom. The van der Waals surface area contributed by atoms with Gasteiger partial charge in [0, 0.05) is 10.2 Å². The van der Waals surface area contributed by atoms with Gasteiger partial charge in [0.15, 0.2) is 21.2 Å². The number of halogens is 1. The Balaban J connectivity index is 3.46. The highest BCUT2D eigenvalue weighted by molar-refractivity contribution is 14.2. The van der Waals surface area contributed by atoms with Crippen LogP contribution in [-0.4, -0.2) is 11.1 Å². The van der Waals surface area contributed by atoms with Crippen molar-refractivity contribution in [3.63, 3.8) is 0 Å². The van der Waals surface area contributed by atoms with Crippen LogP contribution < -0.4 is 0 Å². The third-order valence-corrected chi connectivity index (χ3v) is 0.910. The summed E-state index contributed by atoms with van der Waals surface area (Å²) in [7, 11) is 0. The molecule has 0 aromatic rings. The lowest BCUT2D eigenvalue weighted by atomic mass is 10.7. The molecule has 0 spiro atoms. The standard InChI is InChI=1S/C3H3IO3/c5-3(6)1-2-4-7/h1-2H,(H,5,6)/b2-1-. The van der Waals surface area contributed by atoms with Gasteiger partial charge in [0.1, 0.15) is 0 Å². The van der Waals surface area contributed by atoms with Gasteiger partial charge in [-0.3, -0.25) is 3.07 Å². The number of carbonyl (C=O) groups is 1. The van der Waals surface area contributed by atoms with Crippen LogP contribution in [0.4, 0.5) is 0 Å². The number of hydrogen-bond acceptors (Lipinski definition) is 2. The summed E-state index contributed by atoms with van der Waals surface area (Å²) in [5.41, 5.74) is 0. The minimum absolute atomic E-state index is 0.875. The van der Waals surface area contributed by atoms with Gasteiger partial charge < -0.3 is 5.11 Å². The molecule has 0 aromatic carbocycles. The number of carboxylic acids is 1. The van der Waals surface area contributed by atoms with Crippen molar-refractivity contribution >= 4 is 27.2 Å². The minimum atomic E-state index is -1.24. The summed E-state index contributed by atoms with van der Waals surface area (Å²) in [6.07, 6.45) is 0.875. The fourth-order valence-corrected chi connectivity index (χ4v) is 0.534. The molecule has 1 N–H and O–H groups in total. The molecule has 0 radical (unpaired) electrons. The quantitative estimate of drug-likeness (QED) is 0.548. The molecule has 0 aliphatic carbocycles. The van der Waals surface area contributed by atoms with Gasteiger partial charge in [-0.25, -0.2) is 4.79 Å². The van der Waals surface area contributed by atoms with Crippen LogP contribution in [0.3, 0.4) is 0 Å². The third-order valence-electron chi connectivity index (χ3n) is 0.257. The normalized spacial score (nSPS) is 9.71. The summed E-state index contributed by atoms with van der Waals surface area (Å²) in [6, 6.07) is 0. The van der Waals surface area contributed by atoms with Crippen LogP contribution in [0.5, 0.6) is 0 Å². The molecule has 0 atom stereocenters. The third kappa shape index (κ3) is 5.74. The maximum absolute atomic E-state index is 9.59. The first kappa shape index (κ1) is 6.74. The Labute approximate surface area is 50.7 Å². The summed E-state index contributed by atoms with van der Waals surface area (Å²) < 4.78 is 10.7. The molecule has 0 rings (SSSR count). The average Bonchev–Trinajstić information content (AvgIpc) is 1.61. The van der Waals surface area contributed by atoms with E-state index in [1.165, 1.54) is 0 Å². The highest BCUT2D eigenvalue weighted by Gasteiger charge is 1.80. The number of aliphatic carboxylic acids is 1. The molecule has 0 aliphatic heterocycles. The largest absolute Gasteiger partial charge is 0.478 e. The van der Waals surface area contributed by atoms with Crippen molar-refractivity contribution in [2.75, 3.05) is 0 Å². The van der Waals surface area contributed by atoms with Crippen LogP contribution in [0, 0.1) is 0 Å². The first-order valence-electron chi connectivity index (χ1n) is 1.42. The van der Waals surface area contributed by atoms with Gasteiger partial charge in [-0.2, -0.15) is 0 Å². The van der Waals surface area contributed by atoms with Gasteiger partial charge in [0.05, 0.1) is 0 Å². The van der Waals surface area contributed by atoms with E-state index in [-0.39, 0.29) is 0 Å². The van der Waals surface area contributed by atoms with Crippen molar-refractivity contribution in [3.8, 4) is 0 Å². The molecule has 3 nitrogen and oxygen atoms in total. The first-order chi connectivity index (χ1) is 3.27. The molecular weight excluding hydrogens is 211 g/mol. The van der Waals surface area contributed by atoms with Gasteiger partial charge in [-0.1, -0.05) is 0 Å². The fourth-order valence-electron chi connectivity index (χ4n) is 0.0796. The molecule has 0 fully saturated rings. The summed E-state index contributed by atoms with van der Waals surface area (Å²) in [6.45, 7) is 0. The van der Waals surface area contributed by atoms with E-state index in [4.69, 9.17) is 5.11 Å². The van der Waals surface area contributed by atoms with E-state index in [1.54, 1.807) is 0 Å². The van der Waals surface area contributed by atoms with Crippen LogP contribution in [0.25, 0.3) is 0 Å². The SMILES string of the molecule is O=I/C=C\C(=O)O. The van der Waals surface area contributed by atoms with Crippen LogP contribution in [0.15, 0.2) is 10.2 Å². The van der Waals surface area contributed by atoms with Gasteiger partial charge in [-0.15, -0.1) is 0 Å². The van der Waals surface area contributed by atoms with Crippen molar-refractivity contribution < 1.29 is 13.0 Å². The zero-order valence-corrected chi connectivity index (χ0v) is 5.45. The number of rotatable bonds is 2. The lowest BCUT2D eigenvalue weighted by Gasteiger charge is -1.67. The highest BCUT2D eigenvalue weighted by atomic mass is 127. The molecule has 0 bridgehead atoms. The van der Waals surface area contributed by atoms with Crippen LogP contribution >= 0.6 is 21.2 Å². The van der Waals surface area contributed by atoms with Crippen LogP contribution in [0.2, 0.25) is 0 Å². The van der Waals surface area contributed by atoms with E-state index in [9.17, 15) is 7.86 Å². The van der Waals surface area contributed by atoms with Gasteiger partial charge in [0.2, 0.25) is 0 Å². The molecule has 0 saturated carbocycles. The molecule has 0 aromatic heterocycles. The molecule has 0 saturated heterocycles. The second kappa shape index (κ2) is 3.91. The predicted molar refractivity (Wildman–Crippen MR) is 31.5 cm³/mol. The molecule has 7 heavy (non-hydrogen) atoms. The first-order valence-corrected chi connectivity index (χ1v) is 3.55. The number of hydrogen-bond donors (Lipinski definition) is 1. The molecule has 0 unspecified atom stereocenters. The Bertz CT molecular complexity index is 107. The van der Waals surface area contributed by atoms with Crippen molar-refractivity contribution in [1.29, 1.82) is 0 Å². The van der Waals surface area contributed by atoms with Gasteiger partial charge in [0.25, 0.3) is 0 Å². The van der Waals surface area contributed by atoms with E-state index in [0.29, 0.717) is 0 Å². The summed E-state index contributed by atoms with van der Waals surface area (Å²) >= 11 is -1.24. The lowest BCUT2D eigenvalue weighted by Crippen LogP contribution is -1.83. The van der Waals surface area contributed by atoms with Crippen LogP contribution in [-0.2, 0) is 7.86 Å². The second-order valence-corrected chi connectivity index (χ2v) is 1.95. The fraction of sp³-hybridized carbons (Fsp3) is 0. The minimum Gasteiger partial charge on any atom is -0.478 e. The summed E-state index contributed by atoms with van der Waals surface area (Å²) in [5.74, 6) is -1.05. The Morgan fingerprint density at radius 3 is 2.43 bits per heavy atom. The summed E-state index contributed by atoms with van der Waals surface area (Å²) in [5, 5.41) is 7.84. The monoisotopic (exact) mass is 214 g/mol. The smallest absolute Gasteiger partial charge is 0.328 e. The molecule has 0 aliphatic rings. The lowest BCUT2D eigenvalue weighted by molar-refractivity contribution is -0.131.